The van der Waals surface area contributed by atoms with E-state index in [1.54, 1.807) is 0 Å². The molecule has 0 N–H and O–H groups in total. The topological polar surface area (TPSA) is 36.3 Å². The van der Waals surface area contributed by atoms with Gasteiger partial charge in [0.25, 0.3) is 0 Å². The van der Waals surface area contributed by atoms with Crippen LogP contribution < -0.4 is 0 Å². The van der Waals surface area contributed by atoms with Gasteiger partial charge in [-0.15, -0.1) is 0 Å². The van der Waals surface area contributed by atoms with Crippen LogP contribution in [0.5, 0.6) is 0 Å². The maximum absolute atomic E-state index is 6.09. The maximum atomic E-state index is 6.09. The zero-order chi connectivity index (χ0) is 12.8. The van der Waals surface area contributed by atoms with Crippen LogP contribution >= 0.6 is 11.6 Å². The van der Waals surface area contributed by atoms with Gasteiger partial charge in [-0.1, -0.05) is 11.6 Å². The average Bonchev–Trinajstić information content (AvgIpc) is 2.54. The van der Waals surface area contributed by atoms with E-state index in [1.807, 2.05) is 32.4 Å². The van der Waals surface area contributed by atoms with Crippen LogP contribution in [-0.4, -0.2) is 29.3 Å². The van der Waals surface area contributed by atoms with E-state index in [0.29, 0.717) is 13.2 Å². The highest BCUT2D eigenvalue weighted by molar-refractivity contribution is 6.31. The lowest BCUT2D eigenvalue weighted by molar-refractivity contribution is -0.141. The van der Waals surface area contributed by atoms with Gasteiger partial charge in [0.1, 0.15) is 0 Å². The lowest BCUT2D eigenvalue weighted by Gasteiger charge is -2.17. The number of ether oxygens (including phenoxy) is 2. The fourth-order valence-electron chi connectivity index (χ4n) is 1.71. The summed E-state index contributed by atoms with van der Waals surface area (Å²) in [6, 6.07) is 0. The normalized spacial score (nSPS) is 11.4. The Balaban J connectivity index is 2.55. The molecule has 0 bridgehead atoms. The minimum Gasteiger partial charge on any atom is -0.353 e. The summed E-state index contributed by atoms with van der Waals surface area (Å²) in [5, 5.41) is 5.12. The van der Waals surface area contributed by atoms with Gasteiger partial charge in [0.2, 0.25) is 0 Å². The van der Waals surface area contributed by atoms with Crippen LogP contribution in [0.25, 0.3) is 0 Å². The van der Waals surface area contributed by atoms with E-state index >= 15 is 0 Å². The Morgan fingerprint density at radius 1 is 1.24 bits per heavy atom. The highest BCUT2D eigenvalue weighted by atomic mass is 35.5. The van der Waals surface area contributed by atoms with E-state index in [-0.39, 0.29) is 6.29 Å². The summed E-state index contributed by atoms with van der Waals surface area (Å²) in [7, 11) is 0. The quantitative estimate of drug-likeness (QED) is 0.708. The highest BCUT2D eigenvalue weighted by Crippen LogP contribution is 2.19. The number of hydrogen-bond acceptors (Lipinski definition) is 3. The fraction of sp³-hybridized carbons (Fsp3) is 0.750. The van der Waals surface area contributed by atoms with Crippen LogP contribution in [0.2, 0.25) is 5.02 Å². The van der Waals surface area contributed by atoms with Gasteiger partial charge in [-0.25, -0.2) is 0 Å². The molecule has 98 valence electrons. The lowest BCUT2D eigenvalue weighted by Crippen LogP contribution is -2.20. The molecule has 1 rings (SSSR count). The summed E-state index contributed by atoms with van der Waals surface area (Å²) in [4.78, 5) is 0. The Morgan fingerprint density at radius 2 is 1.82 bits per heavy atom. The van der Waals surface area contributed by atoms with Gasteiger partial charge in [0.05, 0.1) is 16.4 Å². The molecule has 0 radical (unpaired) electrons. The molecule has 1 heterocycles. The van der Waals surface area contributed by atoms with Crippen molar-refractivity contribution < 1.29 is 9.47 Å². The third kappa shape index (κ3) is 3.98. The predicted molar refractivity (Wildman–Crippen MR) is 68.4 cm³/mol. The second-order valence-electron chi connectivity index (χ2n) is 3.84. The van der Waals surface area contributed by atoms with Gasteiger partial charge in [0.15, 0.2) is 6.29 Å². The first kappa shape index (κ1) is 14.5. The van der Waals surface area contributed by atoms with Gasteiger partial charge in [-0.2, -0.15) is 5.10 Å². The molecule has 17 heavy (non-hydrogen) atoms. The van der Waals surface area contributed by atoms with Crippen molar-refractivity contribution >= 4 is 11.6 Å². The molecule has 0 fully saturated rings. The molecule has 0 aromatic carbocycles. The van der Waals surface area contributed by atoms with Crippen molar-refractivity contribution in [2.45, 2.75) is 47.0 Å². The molecule has 0 aliphatic carbocycles. The van der Waals surface area contributed by atoms with Crippen molar-refractivity contribution in [3.63, 3.8) is 0 Å². The first-order chi connectivity index (χ1) is 8.10. The Morgan fingerprint density at radius 3 is 2.24 bits per heavy atom. The molecular weight excluding hydrogens is 240 g/mol. The number of aromatic nitrogens is 2. The molecular formula is C12H21ClN2O2. The van der Waals surface area contributed by atoms with Crippen LogP contribution in [-0.2, 0) is 16.0 Å². The number of rotatable bonds is 7. The third-order valence-corrected chi connectivity index (χ3v) is 3.12. The minimum absolute atomic E-state index is 0.160. The summed E-state index contributed by atoms with van der Waals surface area (Å²) in [6.07, 6.45) is 0.618. The van der Waals surface area contributed by atoms with E-state index < -0.39 is 0 Å². The molecule has 1 aromatic heterocycles. The van der Waals surface area contributed by atoms with Crippen molar-refractivity contribution in [3.05, 3.63) is 16.4 Å². The monoisotopic (exact) mass is 260 g/mol. The van der Waals surface area contributed by atoms with Crippen molar-refractivity contribution in [1.82, 2.24) is 9.78 Å². The van der Waals surface area contributed by atoms with E-state index in [2.05, 4.69) is 5.10 Å². The van der Waals surface area contributed by atoms with Gasteiger partial charge in [-0.05, 0) is 27.7 Å². The maximum Gasteiger partial charge on any atom is 0.159 e. The summed E-state index contributed by atoms with van der Waals surface area (Å²) in [5.41, 5.74) is 1.87. The van der Waals surface area contributed by atoms with Crippen molar-refractivity contribution in [1.29, 1.82) is 0 Å². The lowest BCUT2D eigenvalue weighted by atomic mass is 10.3. The zero-order valence-electron chi connectivity index (χ0n) is 11.0. The second-order valence-corrected chi connectivity index (χ2v) is 4.21. The van der Waals surface area contributed by atoms with E-state index in [0.717, 1.165) is 29.4 Å². The zero-order valence-corrected chi connectivity index (χ0v) is 11.8. The van der Waals surface area contributed by atoms with Crippen LogP contribution in [0, 0.1) is 13.8 Å². The molecule has 0 spiro atoms. The Labute approximate surface area is 108 Å². The second kappa shape index (κ2) is 6.99. The van der Waals surface area contributed by atoms with Crippen LogP contribution in [0.4, 0.5) is 0 Å². The van der Waals surface area contributed by atoms with E-state index in [1.165, 1.54) is 0 Å². The molecule has 0 aliphatic heterocycles. The third-order valence-electron chi connectivity index (χ3n) is 2.57. The average molecular weight is 261 g/mol. The summed E-state index contributed by atoms with van der Waals surface area (Å²) in [5.74, 6) is 0. The largest absolute Gasteiger partial charge is 0.353 e. The van der Waals surface area contributed by atoms with Crippen molar-refractivity contribution in [2.75, 3.05) is 13.2 Å². The van der Waals surface area contributed by atoms with Crippen LogP contribution in [0.3, 0.4) is 0 Å². The molecule has 0 saturated carbocycles. The SMILES string of the molecule is CCOC(CCn1nc(C)c(Cl)c1C)OCC. The summed E-state index contributed by atoms with van der Waals surface area (Å²) >= 11 is 6.09. The number of hydrogen-bond donors (Lipinski definition) is 0. The Kier molecular flexibility index (Phi) is 5.95. The molecule has 0 aliphatic rings. The van der Waals surface area contributed by atoms with Crippen LogP contribution in [0.15, 0.2) is 0 Å². The van der Waals surface area contributed by atoms with E-state index in [4.69, 9.17) is 21.1 Å². The van der Waals surface area contributed by atoms with E-state index in [9.17, 15) is 0 Å². The fourth-order valence-corrected chi connectivity index (χ4v) is 1.84. The van der Waals surface area contributed by atoms with Gasteiger partial charge >= 0.3 is 0 Å². The highest BCUT2D eigenvalue weighted by Gasteiger charge is 2.12. The molecule has 0 amide bonds. The molecule has 1 aromatic rings. The summed E-state index contributed by atoms with van der Waals surface area (Å²) in [6.45, 7) is 9.88. The first-order valence-corrected chi connectivity index (χ1v) is 6.40. The Hall–Kier alpha value is -0.580. The van der Waals surface area contributed by atoms with Crippen molar-refractivity contribution in [3.8, 4) is 0 Å². The number of nitrogens with zero attached hydrogens (tertiary/aromatic N) is 2. The molecule has 0 saturated heterocycles. The standard InChI is InChI=1S/C12H21ClN2O2/c1-5-16-11(17-6-2)7-8-15-10(4)12(13)9(3)14-15/h11H,5-8H2,1-4H3. The van der Waals surface area contributed by atoms with Gasteiger partial charge < -0.3 is 9.47 Å². The number of aryl methyl sites for hydroxylation is 2. The molecule has 0 atom stereocenters. The first-order valence-electron chi connectivity index (χ1n) is 6.02. The summed E-state index contributed by atoms with van der Waals surface area (Å²) < 4.78 is 12.9. The molecule has 0 unspecified atom stereocenters. The Bertz CT molecular complexity index is 347. The van der Waals surface area contributed by atoms with Gasteiger partial charge in [0, 0.05) is 26.2 Å². The predicted octanol–water partition coefficient (Wildman–Crippen LogP) is 2.94. The van der Waals surface area contributed by atoms with Gasteiger partial charge in [-0.3, -0.25) is 4.68 Å². The smallest absolute Gasteiger partial charge is 0.159 e. The molecule has 5 heteroatoms. The minimum atomic E-state index is -0.160. The number of halogens is 1. The molecule has 4 nitrogen and oxygen atoms in total. The van der Waals surface area contributed by atoms with Crippen molar-refractivity contribution in [2.24, 2.45) is 0 Å². The van der Waals surface area contributed by atoms with Crippen LogP contribution in [0.1, 0.15) is 31.7 Å².